The molecular weight excluding hydrogens is 695 g/mol. The van der Waals surface area contributed by atoms with Crippen molar-refractivity contribution >= 4 is 38.7 Å². The van der Waals surface area contributed by atoms with Gasteiger partial charge in [0.2, 0.25) is 5.79 Å². The second kappa shape index (κ2) is 15.1. The molecule has 2 aromatic rings. The summed E-state index contributed by atoms with van der Waals surface area (Å²) in [6, 6.07) is 13.8. The Morgan fingerprint density at radius 2 is 1.80 bits per heavy atom. The SMILES string of the molecule is Cc1ccc(S(=O)(=O)OC[C@H](O)Cc2ccc(O[C@H](/C=C/C3=CC(=O)OC(C)(C)O3)[C@@H]3CC[C@@H](C)C[C@H]3/C=C/I)cc2)cc1. The van der Waals surface area contributed by atoms with Gasteiger partial charge in [-0.05, 0) is 77.7 Å². The zero-order chi connectivity index (χ0) is 31.9. The number of aliphatic hydroxyl groups excluding tert-OH is 1. The van der Waals surface area contributed by atoms with E-state index in [1.807, 2.05) is 37.3 Å². The smallest absolute Gasteiger partial charge is 0.337 e. The Labute approximate surface area is 274 Å². The molecule has 0 bridgehead atoms. The summed E-state index contributed by atoms with van der Waals surface area (Å²) >= 11 is 2.26. The van der Waals surface area contributed by atoms with Crippen molar-refractivity contribution in [2.75, 3.05) is 6.61 Å². The van der Waals surface area contributed by atoms with Gasteiger partial charge in [-0.2, -0.15) is 8.42 Å². The van der Waals surface area contributed by atoms with Crippen LogP contribution in [0, 0.1) is 24.7 Å². The van der Waals surface area contributed by atoms with Crippen LogP contribution in [0.4, 0.5) is 0 Å². The van der Waals surface area contributed by atoms with Crippen LogP contribution in [0.3, 0.4) is 0 Å². The molecule has 0 aromatic heterocycles. The highest BCUT2D eigenvalue weighted by atomic mass is 127. The molecule has 2 aliphatic rings. The van der Waals surface area contributed by atoms with E-state index in [-0.39, 0.29) is 29.9 Å². The summed E-state index contributed by atoms with van der Waals surface area (Å²) < 4.78 is 49.7. The van der Waals surface area contributed by atoms with Crippen molar-refractivity contribution in [3.8, 4) is 5.75 Å². The molecule has 1 N–H and O–H groups in total. The molecule has 10 heteroatoms. The van der Waals surface area contributed by atoms with E-state index < -0.39 is 28.0 Å². The van der Waals surface area contributed by atoms with Crippen LogP contribution < -0.4 is 4.74 Å². The molecule has 5 atom stereocenters. The molecule has 0 amide bonds. The standard InChI is InChI=1S/C34H41IO8S/c1-23-5-13-30(14-6-23)44(38,39)40-22-27(36)20-25-8-10-28(11-9-25)41-32(31-15-7-24(2)19-26(31)17-18-35)16-12-29-21-33(37)43-34(3,4)42-29/h5-6,8-14,16-18,21,24,26-27,31-32,36H,7,15,19-20,22H2,1-4H3/b16-12+,18-17+/t24-,26-,27-,31-,32-/m1/s1. The third kappa shape index (κ3) is 9.92. The Morgan fingerprint density at radius 1 is 1.09 bits per heavy atom. The molecule has 8 nitrogen and oxygen atoms in total. The summed E-state index contributed by atoms with van der Waals surface area (Å²) in [5.74, 6) is 0.739. The van der Waals surface area contributed by atoms with Gasteiger partial charge in [0.15, 0.2) is 0 Å². The average molecular weight is 737 g/mol. The number of rotatable bonds is 12. The quantitative estimate of drug-likeness (QED) is 0.144. The Morgan fingerprint density at radius 3 is 2.45 bits per heavy atom. The summed E-state index contributed by atoms with van der Waals surface area (Å²) in [5.41, 5.74) is 1.75. The van der Waals surface area contributed by atoms with Crippen molar-refractivity contribution in [1.29, 1.82) is 0 Å². The van der Waals surface area contributed by atoms with E-state index in [4.69, 9.17) is 18.4 Å². The highest BCUT2D eigenvalue weighted by Gasteiger charge is 2.34. The molecule has 238 valence electrons. The molecule has 0 radical (unpaired) electrons. The number of benzene rings is 2. The first-order valence-electron chi connectivity index (χ1n) is 14.8. The van der Waals surface area contributed by atoms with Gasteiger partial charge in [0.05, 0.1) is 23.7 Å². The number of hydrogen-bond acceptors (Lipinski definition) is 8. The monoisotopic (exact) mass is 736 g/mol. The van der Waals surface area contributed by atoms with Crippen molar-refractivity contribution in [2.45, 2.75) is 76.3 Å². The third-order valence-electron chi connectivity index (χ3n) is 7.77. The minimum absolute atomic E-state index is 0.0547. The summed E-state index contributed by atoms with van der Waals surface area (Å²) in [7, 11) is -3.96. The lowest BCUT2D eigenvalue weighted by Crippen LogP contribution is -2.35. The Bertz CT molecular complexity index is 1460. The summed E-state index contributed by atoms with van der Waals surface area (Å²) in [6.45, 7) is 7.18. The van der Waals surface area contributed by atoms with Gasteiger partial charge < -0.3 is 19.3 Å². The van der Waals surface area contributed by atoms with Crippen LogP contribution in [0.5, 0.6) is 5.75 Å². The number of carbonyl (C=O) groups excluding carboxylic acids is 1. The molecule has 44 heavy (non-hydrogen) atoms. The van der Waals surface area contributed by atoms with E-state index in [9.17, 15) is 18.3 Å². The predicted octanol–water partition coefficient (Wildman–Crippen LogP) is 6.80. The molecule has 0 unspecified atom stereocenters. The normalized spacial score (nSPS) is 23.5. The molecule has 2 aromatic carbocycles. The molecular formula is C34H41IO8S. The van der Waals surface area contributed by atoms with E-state index in [1.165, 1.54) is 18.2 Å². The van der Waals surface area contributed by atoms with Crippen LogP contribution in [0.15, 0.2) is 87.6 Å². The second-order valence-electron chi connectivity index (χ2n) is 12.0. The fourth-order valence-electron chi connectivity index (χ4n) is 5.57. The lowest BCUT2D eigenvalue weighted by Gasteiger charge is -2.37. The van der Waals surface area contributed by atoms with Gasteiger partial charge >= 0.3 is 5.97 Å². The number of aryl methyl sites for hydroxylation is 1. The number of ether oxygens (including phenoxy) is 3. The van der Waals surface area contributed by atoms with E-state index in [2.05, 4.69) is 39.7 Å². The Kier molecular flexibility index (Phi) is 11.7. The minimum Gasteiger partial charge on any atom is -0.486 e. The number of allylic oxidation sites excluding steroid dienone is 2. The third-order valence-corrected chi connectivity index (χ3v) is 9.48. The van der Waals surface area contributed by atoms with Crippen LogP contribution >= 0.6 is 22.6 Å². The van der Waals surface area contributed by atoms with Crippen LogP contribution in [-0.4, -0.2) is 44.1 Å². The van der Waals surface area contributed by atoms with Crippen molar-refractivity contribution in [3.63, 3.8) is 0 Å². The first-order valence-corrected chi connectivity index (χ1v) is 17.5. The molecule has 1 aliphatic carbocycles. The molecule has 1 fully saturated rings. The number of hydrogen-bond donors (Lipinski definition) is 1. The van der Waals surface area contributed by atoms with E-state index in [0.29, 0.717) is 23.3 Å². The maximum Gasteiger partial charge on any atom is 0.337 e. The zero-order valence-electron chi connectivity index (χ0n) is 25.5. The molecule has 0 saturated heterocycles. The van der Waals surface area contributed by atoms with Gasteiger partial charge in [0.1, 0.15) is 17.6 Å². The van der Waals surface area contributed by atoms with E-state index >= 15 is 0 Å². The maximum absolute atomic E-state index is 12.5. The fourth-order valence-corrected chi connectivity index (χ4v) is 7.04. The topological polar surface area (TPSA) is 108 Å². The predicted molar refractivity (Wildman–Crippen MR) is 177 cm³/mol. The first kappa shape index (κ1) is 34.2. The highest BCUT2D eigenvalue weighted by Crippen LogP contribution is 2.39. The Balaban J connectivity index is 1.44. The number of halogens is 1. The Hall–Kier alpha value is -2.67. The average Bonchev–Trinajstić information content (AvgIpc) is 2.95. The van der Waals surface area contributed by atoms with E-state index in [0.717, 1.165) is 30.4 Å². The second-order valence-corrected chi connectivity index (χ2v) is 14.4. The fraction of sp³-hybridized carbons (Fsp3) is 0.441. The lowest BCUT2D eigenvalue weighted by molar-refractivity contribution is -0.203. The van der Waals surface area contributed by atoms with Crippen LogP contribution in [0.2, 0.25) is 0 Å². The van der Waals surface area contributed by atoms with Crippen molar-refractivity contribution in [2.24, 2.45) is 17.8 Å². The molecule has 0 spiro atoms. The van der Waals surface area contributed by atoms with Crippen LogP contribution in [-0.2, 0) is 35.0 Å². The summed E-state index contributed by atoms with van der Waals surface area (Å²) in [4.78, 5) is 12.1. The lowest BCUT2D eigenvalue weighted by atomic mass is 9.72. The number of aliphatic hydroxyl groups is 1. The van der Waals surface area contributed by atoms with E-state index in [1.54, 1.807) is 32.1 Å². The zero-order valence-corrected chi connectivity index (χ0v) is 28.5. The van der Waals surface area contributed by atoms with Gasteiger partial charge in [-0.15, -0.1) is 0 Å². The van der Waals surface area contributed by atoms with Crippen molar-refractivity contribution in [3.05, 3.63) is 93.8 Å². The number of esters is 1. The molecule has 1 aliphatic heterocycles. The van der Waals surface area contributed by atoms with Crippen LogP contribution in [0.1, 0.15) is 51.2 Å². The van der Waals surface area contributed by atoms with Gasteiger partial charge in [0, 0.05) is 26.2 Å². The van der Waals surface area contributed by atoms with Gasteiger partial charge in [-0.1, -0.05) is 71.8 Å². The highest BCUT2D eigenvalue weighted by molar-refractivity contribution is 14.1. The molecule has 1 saturated carbocycles. The van der Waals surface area contributed by atoms with Gasteiger partial charge in [0.25, 0.3) is 10.1 Å². The van der Waals surface area contributed by atoms with Crippen LogP contribution in [0.25, 0.3) is 0 Å². The molecule has 4 rings (SSSR count). The van der Waals surface area contributed by atoms with Gasteiger partial charge in [-0.25, -0.2) is 4.79 Å². The maximum atomic E-state index is 12.5. The minimum atomic E-state index is -3.96. The summed E-state index contributed by atoms with van der Waals surface area (Å²) in [6.07, 6.45) is 9.39. The first-order chi connectivity index (χ1) is 20.8. The van der Waals surface area contributed by atoms with Gasteiger partial charge in [-0.3, -0.25) is 4.18 Å². The summed E-state index contributed by atoms with van der Waals surface area (Å²) in [5, 5.41) is 10.5. The number of carbonyl (C=O) groups is 1. The van der Waals surface area contributed by atoms with Crippen molar-refractivity contribution in [1.82, 2.24) is 0 Å². The van der Waals surface area contributed by atoms with Crippen molar-refractivity contribution < 1.29 is 36.7 Å². The number of cyclic esters (lactones) is 1. The molecule has 1 heterocycles. The largest absolute Gasteiger partial charge is 0.486 e.